The van der Waals surface area contributed by atoms with E-state index in [-0.39, 0.29) is 28.8 Å². The minimum absolute atomic E-state index is 0.0395. The molecule has 2 aromatic carbocycles. The van der Waals surface area contributed by atoms with E-state index in [1.807, 2.05) is 6.92 Å². The lowest BCUT2D eigenvalue weighted by atomic mass is 10.1. The van der Waals surface area contributed by atoms with Crippen LogP contribution in [0.3, 0.4) is 0 Å². The molecule has 0 N–H and O–H groups in total. The molecule has 0 radical (unpaired) electrons. The van der Waals surface area contributed by atoms with E-state index in [0.717, 1.165) is 19.3 Å². The molecule has 8 nitrogen and oxygen atoms in total. The van der Waals surface area contributed by atoms with Gasteiger partial charge in [0.15, 0.2) is 0 Å². The number of benzene rings is 2. The number of esters is 1. The number of nitro benzene ring substituents is 1. The van der Waals surface area contributed by atoms with E-state index in [1.165, 1.54) is 52.8 Å². The number of nitrogens with zero attached hydrogens (tertiary/aromatic N) is 2. The van der Waals surface area contributed by atoms with Gasteiger partial charge in [-0.15, -0.1) is 0 Å². The Morgan fingerprint density at radius 1 is 1.14 bits per heavy atom. The Hall–Kier alpha value is -2.78. The highest BCUT2D eigenvalue weighted by Gasteiger charge is 2.30. The summed E-state index contributed by atoms with van der Waals surface area (Å²) in [5.74, 6) is -0.598. The largest absolute Gasteiger partial charge is 0.457 e. The van der Waals surface area contributed by atoms with Crippen LogP contribution in [0.4, 0.5) is 5.69 Å². The molecule has 0 aliphatic carbocycles. The van der Waals surface area contributed by atoms with E-state index in [0.29, 0.717) is 12.1 Å². The van der Waals surface area contributed by atoms with E-state index in [1.54, 1.807) is 0 Å². The molecule has 1 aliphatic rings. The number of sulfonamides is 1. The second-order valence-corrected chi connectivity index (χ2v) is 8.88. The number of carbonyl (C=O) groups excluding carboxylic acids is 1. The lowest BCUT2D eigenvalue weighted by Crippen LogP contribution is -2.41. The van der Waals surface area contributed by atoms with Gasteiger partial charge in [0, 0.05) is 24.7 Å². The van der Waals surface area contributed by atoms with Crippen LogP contribution in [0.1, 0.15) is 42.1 Å². The van der Waals surface area contributed by atoms with Crippen molar-refractivity contribution in [3.8, 4) is 0 Å². The maximum atomic E-state index is 12.8. The fraction of sp³-hybridized carbons (Fsp3) is 0.350. The van der Waals surface area contributed by atoms with Crippen LogP contribution in [0.15, 0.2) is 53.4 Å². The molecule has 0 saturated carbocycles. The van der Waals surface area contributed by atoms with Crippen molar-refractivity contribution in [1.82, 2.24) is 4.31 Å². The highest BCUT2D eigenvalue weighted by atomic mass is 32.2. The average Bonchev–Trinajstić information content (AvgIpc) is 2.72. The van der Waals surface area contributed by atoms with Crippen LogP contribution in [-0.2, 0) is 21.4 Å². The van der Waals surface area contributed by atoms with Crippen molar-refractivity contribution in [3.05, 3.63) is 69.8 Å². The summed E-state index contributed by atoms with van der Waals surface area (Å²) in [5.41, 5.74) is 0.805. The van der Waals surface area contributed by atoms with Crippen LogP contribution in [0.25, 0.3) is 0 Å². The van der Waals surface area contributed by atoms with E-state index >= 15 is 0 Å². The molecule has 1 aliphatic heterocycles. The summed E-state index contributed by atoms with van der Waals surface area (Å²) in [6, 6.07) is 11.4. The van der Waals surface area contributed by atoms with Gasteiger partial charge in [0.25, 0.3) is 5.69 Å². The summed E-state index contributed by atoms with van der Waals surface area (Å²) in [7, 11) is -3.59. The summed E-state index contributed by atoms with van der Waals surface area (Å²) in [4.78, 5) is 22.5. The zero-order valence-electron chi connectivity index (χ0n) is 16.0. The zero-order valence-corrected chi connectivity index (χ0v) is 16.8. The van der Waals surface area contributed by atoms with Crippen LogP contribution in [0.2, 0.25) is 0 Å². The zero-order chi connectivity index (χ0) is 21.0. The Labute approximate surface area is 169 Å². The van der Waals surface area contributed by atoms with Crippen LogP contribution >= 0.6 is 0 Å². The van der Waals surface area contributed by atoms with Crippen LogP contribution < -0.4 is 0 Å². The van der Waals surface area contributed by atoms with Crippen molar-refractivity contribution in [3.63, 3.8) is 0 Å². The molecule has 1 atom stereocenters. The first-order valence-electron chi connectivity index (χ1n) is 9.31. The quantitative estimate of drug-likeness (QED) is 0.404. The van der Waals surface area contributed by atoms with Crippen molar-refractivity contribution < 1.29 is 22.9 Å². The molecule has 0 amide bonds. The van der Waals surface area contributed by atoms with Crippen molar-refractivity contribution in [2.75, 3.05) is 6.54 Å². The highest BCUT2D eigenvalue weighted by molar-refractivity contribution is 7.89. The summed E-state index contributed by atoms with van der Waals surface area (Å²) < 4.78 is 32.4. The van der Waals surface area contributed by atoms with E-state index in [4.69, 9.17) is 4.74 Å². The van der Waals surface area contributed by atoms with E-state index < -0.39 is 20.9 Å². The number of carbonyl (C=O) groups is 1. The molecule has 0 aromatic heterocycles. The van der Waals surface area contributed by atoms with Gasteiger partial charge in [-0.1, -0.05) is 6.42 Å². The smallest absolute Gasteiger partial charge is 0.338 e. The number of hydrogen-bond acceptors (Lipinski definition) is 6. The molecule has 0 spiro atoms. The molecular formula is C20H22N2O6S. The van der Waals surface area contributed by atoms with Gasteiger partial charge in [0.1, 0.15) is 6.61 Å². The Bertz CT molecular complexity index is 987. The van der Waals surface area contributed by atoms with Crippen LogP contribution in [0, 0.1) is 10.1 Å². The van der Waals surface area contributed by atoms with Crippen molar-refractivity contribution in [1.29, 1.82) is 0 Å². The standard InChI is InChI=1S/C20H22N2O6S/c1-15-4-2-3-13-21(15)29(26,27)19-11-7-17(8-12-19)20(23)28-14-16-5-9-18(10-6-16)22(24)25/h5-12,15H,2-4,13-14H2,1H3. The molecule has 154 valence electrons. The first-order valence-corrected chi connectivity index (χ1v) is 10.8. The van der Waals surface area contributed by atoms with Gasteiger partial charge in [-0.2, -0.15) is 4.31 Å². The molecule has 0 bridgehead atoms. The third-order valence-corrected chi connectivity index (χ3v) is 6.98. The minimum Gasteiger partial charge on any atom is -0.457 e. The second-order valence-electron chi connectivity index (χ2n) is 6.98. The summed E-state index contributed by atoms with van der Waals surface area (Å²) in [5, 5.41) is 10.7. The topological polar surface area (TPSA) is 107 Å². The minimum atomic E-state index is -3.59. The van der Waals surface area contributed by atoms with Gasteiger partial charge in [0.05, 0.1) is 15.4 Å². The number of ether oxygens (including phenoxy) is 1. The molecule has 3 rings (SSSR count). The average molecular weight is 418 g/mol. The maximum Gasteiger partial charge on any atom is 0.338 e. The molecular weight excluding hydrogens is 396 g/mol. The molecule has 1 unspecified atom stereocenters. The van der Waals surface area contributed by atoms with Crippen LogP contribution in [-0.4, -0.2) is 36.2 Å². The third kappa shape index (κ3) is 4.80. The molecule has 29 heavy (non-hydrogen) atoms. The fourth-order valence-corrected chi connectivity index (χ4v) is 4.97. The number of piperidine rings is 1. The monoisotopic (exact) mass is 418 g/mol. The first kappa shape index (κ1) is 20.9. The normalized spacial score (nSPS) is 17.6. The fourth-order valence-electron chi connectivity index (χ4n) is 3.27. The Morgan fingerprint density at radius 2 is 1.79 bits per heavy atom. The van der Waals surface area contributed by atoms with Crippen molar-refractivity contribution in [2.24, 2.45) is 0 Å². The predicted molar refractivity (Wildman–Crippen MR) is 106 cm³/mol. The molecule has 1 heterocycles. The Balaban J connectivity index is 1.64. The Morgan fingerprint density at radius 3 is 2.38 bits per heavy atom. The number of nitro groups is 1. The molecule has 9 heteroatoms. The van der Waals surface area contributed by atoms with E-state index in [9.17, 15) is 23.3 Å². The number of hydrogen-bond donors (Lipinski definition) is 0. The van der Waals surface area contributed by atoms with Gasteiger partial charge in [-0.05, 0) is 61.7 Å². The lowest BCUT2D eigenvalue weighted by molar-refractivity contribution is -0.384. The molecule has 1 fully saturated rings. The molecule has 2 aromatic rings. The second kappa shape index (κ2) is 8.71. The third-order valence-electron chi connectivity index (χ3n) is 4.96. The summed E-state index contributed by atoms with van der Waals surface area (Å²) in [6.07, 6.45) is 2.70. The number of non-ortho nitro benzene ring substituents is 1. The maximum absolute atomic E-state index is 12.8. The summed E-state index contributed by atoms with van der Waals surface area (Å²) in [6.45, 7) is 2.37. The SMILES string of the molecule is CC1CCCCN1S(=O)(=O)c1ccc(C(=O)OCc2ccc([N+](=O)[O-])cc2)cc1. The highest BCUT2D eigenvalue weighted by Crippen LogP contribution is 2.25. The molecule has 1 saturated heterocycles. The van der Waals surface area contributed by atoms with Gasteiger partial charge < -0.3 is 4.74 Å². The first-order chi connectivity index (χ1) is 13.8. The van der Waals surface area contributed by atoms with Crippen LogP contribution in [0.5, 0.6) is 0 Å². The Kier molecular flexibility index (Phi) is 6.29. The predicted octanol–water partition coefficient (Wildman–Crippen LogP) is 3.51. The van der Waals surface area contributed by atoms with Gasteiger partial charge in [-0.3, -0.25) is 10.1 Å². The van der Waals surface area contributed by atoms with Gasteiger partial charge >= 0.3 is 5.97 Å². The van der Waals surface area contributed by atoms with Gasteiger partial charge in [-0.25, -0.2) is 13.2 Å². The van der Waals surface area contributed by atoms with Crippen molar-refractivity contribution in [2.45, 2.75) is 43.7 Å². The lowest BCUT2D eigenvalue weighted by Gasteiger charge is -2.32. The summed E-state index contributed by atoms with van der Waals surface area (Å²) >= 11 is 0. The number of rotatable bonds is 6. The van der Waals surface area contributed by atoms with Crippen molar-refractivity contribution >= 4 is 21.7 Å². The van der Waals surface area contributed by atoms with E-state index in [2.05, 4.69) is 0 Å². The van der Waals surface area contributed by atoms with Gasteiger partial charge in [0.2, 0.25) is 10.0 Å².